The SMILES string of the molecule is COc1ccc(C=C(C#N)C(=O)Nc2cccc3c2C(=O)NC3=O)cc1. The number of nitrogens with zero attached hydrogens (tertiary/aromatic N) is 1. The van der Waals surface area contributed by atoms with Gasteiger partial charge in [-0.2, -0.15) is 5.26 Å². The van der Waals surface area contributed by atoms with Crippen LogP contribution in [0.1, 0.15) is 26.3 Å². The average molecular weight is 347 g/mol. The topological polar surface area (TPSA) is 108 Å². The fourth-order valence-corrected chi connectivity index (χ4v) is 2.53. The van der Waals surface area contributed by atoms with Crippen LogP contribution in [0.25, 0.3) is 6.08 Å². The van der Waals surface area contributed by atoms with E-state index < -0.39 is 17.7 Å². The second-order valence-corrected chi connectivity index (χ2v) is 5.41. The second kappa shape index (κ2) is 6.91. The highest BCUT2D eigenvalue weighted by atomic mass is 16.5. The van der Waals surface area contributed by atoms with Crippen molar-refractivity contribution in [3.05, 3.63) is 64.7 Å². The van der Waals surface area contributed by atoms with E-state index in [1.807, 2.05) is 6.07 Å². The molecular weight excluding hydrogens is 334 g/mol. The number of fused-ring (bicyclic) bond motifs is 1. The maximum absolute atomic E-state index is 12.4. The van der Waals surface area contributed by atoms with Gasteiger partial charge in [0.15, 0.2) is 0 Å². The van der Waals surface area contributed by atoms with Crippen LogP contribution >= 0.6 is 0 Å². The summed E-state index contributed by atoms with van der Waals surface area (Å²) in [6, 6.07) is 13.2. The molecule has 7 heteroatoms. The molecule has 1 heterocycles. The number of benzene rings is 2. The number of ether oxygens (including phenoxy) is 1. The Morgan fingerprint density at radius 2 is 1.88 bits per heavy atom. The van der Waals surface area contributed by atoms with E-state index in [9.17, 15) is 19.6 Å². The summed E-state index contributed by atoms with van der Waals surface area (Å²) in [5.74, 6) is -1.13. The summed E-state index contributed by atoms with van der Waals surface area (Å²) in [6.45, 7) is 0. The van der Waals surface area contributed by atoms with Crippen LogP contribution in [0, 0.1) is 11.3 Å². The summed E-state index contributed by atoms with van der Waals surface area (Å²) >= 11 is 0. The fraction of sp³-hybridized carbons (Fsp3) is 0.0526. The molecule has 26 heavy (non-hydrogen) atoms. The molecule has 2 aromatic carbocycles. The van der Waals surface area contributed by atoms with Crippen LogP contribution in [-0.2, 0) is 4.79 Å². The van der Waals surface area contributed by atoms with Gasteiger partial charge in [-0.25, -0.2) is 0 Å². The third kappa shape index (κ3) is 3.16. The van der Waals surface area contributed by atoms with E-state index in [-0.39, 0.29) is 22.4 Å². The van der Waals surface area contributed by atoms with Gasteiger partial charge in [0, 0.05) is 0 Å². The van der Waals surface area contributed by atoms with E-state index >= 15 is 0 Å². The van der Waals surface area contributed by atoms with Crippen molar-refractivity contribution >= 4 is 29.5 Å². The Kier molecular flexibility index (Phi) is 4.50. The van der Waals surface area contributed by atoms with Gasteiger partial charge in [-0.3, -0.25) is 19.7 Å². The smallest absolute Gasteiger partial charge is 0.266 e. The monoisotopic (exact) mass is 347 g/mol. The first kappa shape index (κ1) is 16.9. The zero-order chi connectivity index (χ0) is 18.7. The minimum Gasteiger partial charge on any atom is -0.497 e. The summed E-state index contributed by atoms with van der Waals surface area (Å²) in [6.07, 6.45) is 1.42. The Morgan fingerprint density at radius 1 is 1.15 bits per heavy atom. The van der Waals surface area contributed by atoms with Gasteiger partial charge < -0.3 is 10.1 Å². The van der Waals surface area contributed by atoms with E-state index in [0.29, 0.717) is 11.3 Å². The quantitative estimate of drug-likeness (QED) is 0.500. The van der Waals surface area contributed by atoms with E-state index in [2.05, 4.69) is 10.6 Å². The number of nitriles is 1. The van der Waals surface area contributed by atoms with Gasteiger partial charge in [0.25, 0.3) is 17.7 Å². The predicted molar refractivity (Wildman–Crippen MR) is 93.5 cm³/mol. The molecule has 0 spiro atoms. The Morgan fingerprint density at radius 3 is 2.54 bits per heavy atom. The van der Waals surface area contributed by atoms with Crippen LogP contribution in [-0.4, -0.2) is 24.8 Å². The zero-order valence-electron chi connectivity index (χ0n) is 13.7. The van der Waals surface area contributed by atoms with Gasteiger partial charge in [0.05, 0.1) is 23.9 Å². The van der Waals surface area contributed by atoms with Crippen LogP contribution in [0.15, 0.2) is 48.0 Å². The van der Waals surface area contributed by atoms with Gasteiger partial charge in [-0.1, -0.05) is 18.2 Å². The van der Waals surface area contributed by atoms with Crippen LogP contribution in [0.4, 0.5) is 5.69 Å². The number of rotatable bonds is 4. The first-order valence-electron chi connectivity index (χ1n) is 7.59. The molecule has 0 radical (unpaired) electrons. The highest BCUT2D eigenvalue weighted by Crippen LogP contribution is 2.25. The highest BCUT2D eigenvalue weighted by molar-refractivity contribution is 6.25. The van der Waals surface area contributed by atoms with Gasteiger partial charge in [0.1, 0.15) is 17.4 Å². The van der Waals surface area contributed by atoms with Gasteiger partial charge >= 0.3 is 0 Å². The summed E-state index contributed by atoms with van der Waals surface area (Å²) in [5, 5.41) is 14.0. The summed E-state index contributed by atoms with van der Waals surface area (Å²) in [5.41, 5.74) is 0.950. The van der Waals surface area contributed by atoms with Crippen molar-refractivity contribution in [3.63, 3.8) is 0 Å². The Hall–Kier alpha value is -3.92. The lowest BCUT2D eigenvalue weighted by molar-refractivity contribution is -0.112. The number of amides is 3. The fourth-order valence-electron chi connectivity index (χ4n) is 2.53. The van der Waals surface area contributed by atoms with Crippen molar-refractivity contribution < 1.29 is 19.1 Å². The molecule has 3 amide bonds. The first-order valence-corrected chi connectivity index (χ1v) is 7.59. The molecule has 3 rings (SSSR count). The molecule has 0 bridgehead atoms. The molecule has 0 saturated carbocycles. The molecular formula is C19H13N3O4. The lowest BCUT2D eigenvalue weighted by atomic mass is 10.1. The molecule has 0 saturated heterocycles. The van der Waals surface area contributed by atoms with Crippen LogP contribution in [0.3, 0.4) is 0 Å². The number of carbonyl (C=O) groups is 3. The van der Waals surface area contributed by atoms with E-state index in [1.165, 1.54) is 25.3 Å². The van der Waals surface area contributed by atoms with Crippen molar-refractivity contribution in [3.8, 4) is 11.8 Å². The third-order valence-corrected chi connectivity index (χ3v) is 3.80. The molecule has 0 atom stereocenters. The molecule has 2 N–H and O–H groups in total. The number of methoxy groups -OCH3 is 1. The zero-order valence-corrected chi connectivity index (χ0v) is 13.7. The van der Waals surface area contributed by atoms with Gasteiger partial charge in [-0.15, -0.1) is 0 Å². The Bertz CT molecular complexity index is 985. The first-order chi connectivity index (χ1) is 12.5. The van der Waals surface area contributed by atoms with Gasteiger partial charge in [0.2, 0.25) is 0 Å². The lowest BCUT2D eigenvalue weighted by Crippen LogP contribution is -2.21. The molecule has 0 unspecified atom stereocenters. The number of hydrogen-bond acceptors (Lipinski definition) is 5. The maximum Gasteiger partial charge on any atom is 0.266 e. The number of hydrogen-bond donors (Lipinski definition) is 2. The minimum absolute atomic E-state index is 0.0904. The molecule has 7 nitrogen and oxygen atoms in total. The lowest BCUT2D eigenvalue weighted by Gasteiger charge is -2.07. The predicted octanol–water partition coefficient (Wildman–Crippen LogP) is 2.12. The van der Waals surface area contributed by atoms with E-state index in [4.69, 9.17) is 4.74 Å². The number of imide groups is 1. The van der Waals surface area contributed by atoms with Crippen LogP contribution in [0.2, 0.25) is 0 Å². The second-order valence-electron chi connectivity index (χ2n) is 5.41. The molecule has 0 fully saturated rings. The van der Waals surface area contributed by atoms with Crippen molar-refractivity contribution in [1.82, 2.24) is 5.32 Å². The van der Waals surface area contributed by atoms with E-state index in [0.717, 1.165) is 0 Å². The molecule has 128 valence electrons. The van der Waals surface area contributed by atoms with Crippen LogP contribution in [0.5, 0.6) is 5.75 Å². The van der Waals surface area contributed by atoms with Crippen molar-refractivity contribution in [2.45, 2.75) is 0 Å². The van der Waals surface area contributed by atoms with E-state index in [1.54, 1.807) is 30.3 Å². The minimum atomic E-state index is -0.677. The Labute approximate surface area is 148 Å². The standard InChI is InChI=1S/C19H13N3O4/c1-26-13-7-5-11(6-8-13)9-12(10-20)17(23)21-15-4-2-3-14-16(15)19(25)22-18(14)24/h2-9H,1H3,(H,21,23)(H,22,24,25). The number of carbonyl (C=O) groups excluding carboxylic acids is 3. The summed E-state index contributed by atoms with van der Waals surface area (Å²) in [7, 11) is 1.54. The summed E-state index contributed by atoms with van der Waals surface area (Å²) in [4.78, 5) is 36.0. The summed E-state index contributed by atoms with van der Waals surface area (Å²) < 4.78 is 5.06. The molecule has 2 aromatic rings. The third-order valence-electron chi connectivity index (χ3n) is 3.80. The van der Waals surface area contributed by atoms with Crippen molar-refractivity contribution in [1.29, 1.82) is 5.26 Å². The Balaban J connectivity index is 1.87. The van der Waals surface area contributed by atoms with Crippen LogP contribution < -0.4 is 15.4 Å². The number of anilines is 1. The largest absolute Gasteiger partial charge is 0.497 e. The van der Waals surface area contributed by atoms with Gasteiger partial charge in [-0.05, 0) is 35.9 Å². The molecule has 1 aliphatic heterocycles. The average Bonchev–Trinajstić information content (AvgIpc) is 2.95. The molecule has 1 aliphatic rings. The molecule has 0 aromatic heterocycles. The number of nitrogens with one attached hydrogen (secondary N) is 2. The maximum atomic E-state index is 12.4. The highest BCUT2D eigenvalue weighted by Gasteiger charge is 2.30. The van der Waals surface area contributed by atoms with Crippen molar-refractivity contribution in [2.75, 3.05) is 12.4 Å². The molecule has 0 aliphatic carbocycles. The van der Waals surface area contributed by atoms with Crippen molar-refractivity contribution in [2.24, 2.45) is 0 Å². The normalized spacial score (nSPS) is 12.8.